The van der Waals surface area contributed by atoms with Crippen LogP contribution >= 0.6 is 0 Å². The summed E-state index contributed by atoms with van der Waals surface area (Å²) >= 11 is 0. The fourth-order valence-corrected chi connectivity index (χ4v) is 5.45. The van der Waals surface area contributed by atoms with E-state index in [-0.39, 0.29) is 11.9 Å². The monoisotopic (exact) mass is 539 g/mol. The van der Waals surface area contributed by atoms with Crippen LogP contribution in [0, 0.1) is 17.8 Å². The Kier molecular flexibility index (Phi) is 29.0. The second-order valence-electron chi connectivity index (χ2n) is 12.1. The molecule has 0 amide bonds. The highest BCUT2D eigenvalue weighted by molar-refractivity contribution is 5.72. The third-order valence-electron chi connectivity index (χ3n) is 8.42. The van der Waals surface area contributed by atoms with Crippen LogP contribution in [0.25, 0.3) is 0 Å². The second kappa shape index (κ2) is 29.4. The van der Waals surface area contributed by atoms with Gasteiger partial charge in [0, 0.05) is 13.2 Å². The zero-order valence-electron chi connectivity index (χ0n) is 26.8. The highest BCUT2D eigenvalue weighted by atomic mass is 16.5. The van der Waals surface area contributed by atoms with Crippen LogP contribution < -0.4 is 0 Å². The maximum Gasteiger partial charge on any atom is 0.308 e. The van der Waals surface area contributed by atoms with Crippen LogP contribution in [0.3, 0.4) is 0 Å². The number of rotatable bonds is 30. The molecule has 0 heterocycles. The molecular formula is C35H70O3. The van der Waals surface area contributed by atoms with Gasteiger partial charge in [0.2, 0.25) is 0 Å². The molecule has 0 aromatic heterocycles. The summed E-state index contributed by atoms with van der Waals surface area (Å²) in [5, 5.41) is 0. The molecule has 0 aliphatic carbocycles. The summed E-state index contributed by atoms with van der Waals surface area (Å²) in [6.45, 7) is 13.7. The lowest BCUT2D eigenvalue weighted by Gasteiger charge is -2.23. The lowest BCUT2D eigenvalue weighted by atomic mass is 9.91. The lowest BCUT2D eigenvalue weighted by Crippen LogP contribution is -2.23. The van der Waals surface area contributed by atoms with E-state index in [2.05, 4.69) is 34.6 Å². The summed E-state index contributed by atoms with van der Waals surface area (Å²) in [6, 6.07) is 0. The van der Waals surface area contributed by atoms with Gasteiger partial charge in [-0.3, -0.25) is 4.79 Å². The molecule has 0 saturated heterocycles. The first kappa shape index (κ1) is 37.4. The predicted molar refractivity (Wildman–Crippen MR) is 167 cm³/mol. The summed E-state index contributed by atoms with van der Waals surface area (Å²) in [5.74, 6) is 1.21. The van der Waals surface area contributed by atoms with Crippen LogP contribution in [-0.2, 0) is 14.3 Å². The largest absolute Gasteiger partial charge is 0.465 e. The quantitative estimate of drug-likeness (QED) is 0.0673. The molecule has 38 heavy (non-hydrogen) atoms. The standard InChI is InChI=1S/C35H70O3/c1-6-11-14-17-20-23-26-34(27-24-21-18-15-12-7-2)35(36)38-31-33(10-5)29-32(9-4)30-37-28-25-22-19-16-13-8-3/h32-34H,6-31H2,1-5H3. The predicted octanol–water partition coefficient (Wildman–Crippen LogP) is 11.5. The Labute approximate surface area is 240 Å². The van der Waals surface area contributed by atoms with Crippen molar-refractivity contribution < 1.29 is 14.3 Å². The zero-order chi connectivity index (χ0) is 28.1. The van der Waals surface area contributed by atoms with Crippen LogP contribution in [0.1, 0.15) is 182 Å². The SMILES string of the molecule is CCCCCCCCOCC(CC)CC(CC)COC(=O)C(CCCCCCCC)CCCCCCCC. The third-order valence-corrected chi connectivity index (χ3v) is 8.42. The fourth-order valence-electron chi connectivity index (χ4n) is 5.45. The summed E-state index contributed by atoms with van der Waals surface area (Å²) in [4.78, 5) is 13.1. The molecule has 0 bridgehead atoms. The van der Waals surface area contributed by atoms with Gasteiger partial charge in [0.1, 0.15) is 0 Å². The average molecular weight is 539 g/mol. The van der Waals surface area contributed by atoms with E-state index >= 15 is 0 Å². The molecule has 0 saturated carbocycles. The molecule has 0 aliphatic heterocycles. The van der Waals surface area contributed by atoms with Crippen molar-refractivity contribution in [2.24, 2.45) is 17.8 Å². The van der Waals surface area contributed by atoms with Crippen molar-refractivity contribution in [3.05, 3.63) is 0 Å². The minimum atomic E-state index is 0.0814. The molecule has 0 fully saturated rings. The minimum Gasteiger partial charge on any atom is -0.465 e. The molecule has 3 heteroatoms. The average Bonchev–Trinajstić information content (AvgIpc) is 2.93. The van der Waals surface area contributed by atoms with Crippen molar-refractivity contribution >= 4 is 5.97 Å². The van der Waals surface area contributed by atoms with Crippen molar-refractivity contribution in [1.29, 1.82) is 0 Å². The molecule has 0 aromatic carbocycles. The summed E-state index contributed by atoms with van der Waals surface area (Å²) in [5.41, 5.74) is 0. The van der Waals surface area contributed by atoms with E-state index in [9.17, 15) is 4.79 Å². The summed E-state index contributed by atoms with van der Waals surface area (Å²) in [6.07, 6.45) is 28.6. The molecule has 0 radical (unpaired) electrons. The van der Waals surface area contributed by atoms with E-state index in [0.29, 0.717) is 18.4 Å². The van der Waals surface area contributed by atoms with Gasteiger partial charge in [0.15, 0.2) is 0 Å². The molecule has 0 N–H and O–H groups in total. The number of ether oxygens (including phenoxy) is 2. The number of unbranched alkanes of at least 4 members (excludes halogenated alkanes) is 15. The second-order valence-corrected chi connectivity index (χ2v) is 12.1. The number of hydrogen-bond donors (Lipinski definition) is 0. The molecule has 3 nitrogen and oxygen atoms in total. The number of esters is 1. The Balaban J connectivity index is 4.44. The number of hydrogen-bond acceptors (Lipinski definition) is 3. The van der Waals surface area contributed by atoms with Crippen LogP contribution in [-0.4, -0.2) is 25.8 Å². The Hall–Kier alpha value is -0.570. The highest BCUT2D eigenvalue weighted by Crippen LogP contribution is 2.24. The maximum absolute atomic E-state index is 13.1. The smallest absolute Gasteiger partial charge is 0.308 e. The first-order valence-corrected chi connectivity index (χ1v) is 17.4. The Morgan fingerprint density at radius 2 is 0.947 bits per heavy atom. The molecule has 0 spiro atoms. The number of carbonyl (C=O) groups excluding carboxylic acids is 1. The van der Waals surface area contributed by atoms with E-state index in [1.54, 1.807) is 0 Å². The molecular weight excluding hydrogens is 468 g/mol. The molecule has 2 unspecified atom stereocenters. The molecule has 228 valence electrons. The van der Waals surface area contributed by atoms with E-state index in [0.717, 1.165) is 45.3 Å². The fraction of sp³-hybridized carbons (Fsp3) is 0.971. The molecule has 2 atom stereocenters. The topological polar surface area (TPSA) is 35.5 Å². The van der Waals surface area contributed by atoms with Crippen molar-refractivity contribution in [1.82, 2.24) is 0 Å². The maximum atomic E-state index is 13.1. The third kappa shape index (κ3) is 23.3. The summed E-state index contributed by atoms with van der Waals surface area (Å²) in [7, 11) is 0. The van der Waals surface area contributed by atoms with Gasteiger partial charge in [-0.15, -0.1) is 0 Å². The Bertz CT molecular complexity index is 462. The number of carbonyl (C=O) groups is 1. The van der Waals surface area contributed by atoms with Crippen LogP contribution in [0.15, 0.2) is 0 Å². The van der Waals surface area contributed by atoms with Crippen LogP contribution in [0.5, 0.6) is 0 Å². The van der Waals surface area contributed by atoms with Gasteiger partial charge in [-0.2, -0.15) is 0 Å². The zero-order valence-corrected chi connectivity index (χ0v) is 26.8. The summed E-state index contributed by atoms with van der Waals surface area (Å²) < 4.78 is 12.1. The Morgan fingerprint density at radius 1 is 0.526 bits per heavy atom. The van der Waals surface area contributed by atoms with Gasteiger partial charge < -0.3 is 9.47 Å². The van der Waals surface area contributed by atoms with Gasteiger partial charge in [0.05, 0.1) is 12.5 Å². The van der Waals surface area contributed by atoms with E-state index in [1.807, 2.05) is 0 Å². The Morgan fingerprint density at radius 3 is 1.42 bits per heavy atom. The molecule has 0 aromatic rings. The van der Waals surface area contributed by atoms with Gasteiger partial charge in [0.25, 0.3) is 0 Å². The lowest BCUT2D eigenvalue weighted by molar-refractivity contribution is -0.150. The van der Waals surface area contributed by atoms with Crippen molar-refractivity contribution in [3.8, 4) is 0 Å². The highest BCUT2D eigenvalue weighted by Gasteiger charge is 2.22. The van der Waals surface area contributed by atoms with Gasteiger partial charge >= 0.3 is 5.97 Å². The van der Waals surface area contributed by atoms with Crippen molar-refractivity contribution in [2.75, 3.05) is 19.8 Å². The van der Waals surface area contributed by atoms with E-state index < -0.39 is 0 Å². The van der Waals surface area contributed by atoms with Crippen LogP contribution in [0.2, 0.25) is 0 Å². The van der Waals surface area contributed by atoms with Gasteiger partial charge in [-0.1, -0.05) is 157 Å². The van der Waals surface area contributed by atoms with Gasteiger partial charge in [-0.25, -0.2) is 0 Å². The van der Waals surface area contributed by atoms with E-state index in [1.165, 1.54) is 116 Å². The molecule has 0 aliphatic rings. The normalized spacial score (nSPS) is 13.2. The van der Waals surface area contributed by atoms with Crippen molar-refractivity contribution in [3.63, 3.8) is 0 Å². The van der Waals surface area contributed by atoms with Gasteiger partial charge in [-0.05, 0) is 37.5 Å². The van der Waals surface area contributed by atoms with Crippen LogP contribution in [0.4, 0.5) is 0 Å². The minimum absolute atomic E-state index is 0.0814. The first-order chi connectivity index (χ1) is 18.6. The first-order valence-electron chi connectivity index (χ1n) is 17.4. The van der Waals surface area contributed by atoms with Crippen molar-refractivity contribution in [2.45, 2.75) is 182 Å². The molecule has 0 rings (SSSR count). The van der Waals surface area contributed by atoms with E-state index in [4.69, 9.17) is 9.47 Å².